The summed E-state index contributed by atoms with van der Waals surface area (Å²) in [5.41, 5.74) is -0.218. The summed E-state index contributed by atoms with van der Waals surface area (Å²) in [6.45, 7) is 0.292. The van der Waals surface area contributed by atoms with Crippen LogP contribution in [0.15, 0.2) is 54.9 Å². The van der Waals surface area contributed by atoms with Crippen molar-refractivity contribution in [3.63, 3.8) is 0 Å². The van der Waals surface area contributed by atoms with Crippen LogP contribution in [0.3, 0.4) is 0 Å². The summed E-state index contributed by atoms with van der Waals surface area (Å²) in [6.07, 6.45) is 3.78. The fourth-order valence-electron chi connectivity index (χ4n) is 3.64. The van der Waals surface area contributed by atoms with Gasteiger partial charge in [0.25, 0.3) is 0 Å². The fourth-order valence-corrected chi connectivity index (χ4v) is 3.64. The molecule has 0 N–H and O–H groups in total. The van der Waals surface area contributed by atoms with Crippen LogP contribution in [0.5, 0.6) is 0 Å². The predicted molar refractivity (Wildman–Crippen MR) is 101 cm³/mol. The summed E-state index contributed by atoms with van der Waals surface area (Å²) < 4.78 is 43.9. The van der Waals surface area contributed by atoms with Crippen LogP contribution in [-0.2, 0) is 13.1 Å². The first-order valence-corrected chi connectivity index (χ1v) is 9.46. The van der Waals surface area contributed by atoms with Crippen molar-refractivity contribution in [2.24, 2.45) is 5.41 Å². The second kappa shape index (κ2) is 7.20. The molecule has 2 aliphatic rings. The van der Waals surface area contributed by atoms with Gasteiger partial charge < -0.3 is 4.57 Å². The van der Waals surface area contributed by atoms with Gasteiger partial charge >= 0.3 is 6.18 Å². The van der Waals surface area contributed by atoms with Gasteiger partial charge in [0, 0.05) is 12.6 Å². The van der Waals surface area contributed by atoms with Crippen LogP contribution in [0.1, 0.15) is 30.7 Å². The largest absolute Gasteiger partial charge is 0.399 e. The minimum Gasteiger partial charge on any atom is -0.315 e. The van der Waals surface area contributed by atoms with Crippen molar-refractivity contribution in [1.82, 2.24) is 19.7 Å². The van der Waals surface area contributed by atoms with E-state index in [1.807, 2.05) is 37.4 Å². The van der Waals surface area contributed by atoms with Gasteiger partial charge in [-0.05, 0) is 37.4 Å². The Balaban J connectivity index is 1.57. The SMILES string of the molecule is CN(Cc1nncn1CC1(C(F)(F)F)C=CC(c2ccccc2)=CC1)C1CC1. The van der Waals surface area contributed by atoms with Crippen molar-refractivity contribution in [2.45, 2.75) is 44.6 Å². The predicted octanol–water partition coefficient (Wildman–Crippen LogP) is 4.46. The molecule has 0 saturated heterocycles. The molecule has 1 fully saturated rings. The lowest BCUT2D eigenvalue weighted by Gasteiger charge is -2.35. The van der Waals surface area contributed by atoms with Gasteiger partial charge in [0.2, 0.25) is 0 Å². The van der Waals surface area contributed by atoms with Crippen molar-refractivity contribution in [3.05, 3.63) is 66.3 Å². The van der Waals surface area contributed by atoms with Crippen LogP contribution in [-0.4, -0.2) is 38.9 Å². The molecule has 1 aromatic heterocycles. The molecule has 4 nitrogen and oxygen atoms in total. The second-order valence-corrected chi connectivity index (χ2v) is 7.74. The van der Waals surface area contributed by atoms with E-state index in [2.05, 4.69) is 15.1 Å². The molecule has 1 aromatic carbocycles. The Morgan fingerprint density at radius 3 is 2.57 bits per heavy atom. The number of halogens is 3. The lowest BCUT2D eigenvalue weighted by Crippen LogP contribution is -2.41. The Kier molecular flexibility index (Phi) is 4.87. The Morgan fingerprint density at radius 2 is 1.96 bits per heavy atom. The Hall–Kier alpha value is -2.41. The minimum absolute atomic E-state index is 0.104. The number of nitrogens with zero attached hydrogens (tertiary/aromatic N) is 4. The molecular weight excluding hydrogens is 365 g/mol. The summed E-state index contributed by atoms with van der Waals surface area (Å²) in [5.74, 6) is 0.573. The van der Waals surface area contributed by atoms with Gasteiger partial charge in [0.05, 0.1) is 6.54 Å². The maximum atomic E-state index is 14.1. The van der Waals surface area contributed by atoms with Crippen molar-refractivity contribution in [2.75, 3.05) is 7.05 Å². The van der Waals surface area contributed by atoms with Crippen molar-refractivity contribution in [1.29, 1.82) is 0 Å². The van der Waals surface area contributed by atoms with Crippen LogP contribution in [0, 0.1) is 5.41 Å². The quantitative estimate of drug-likeness (QED) is 0.733. The molecule has 148 valence electrons. The summed E-state index contributed by atoms with van der Waals surface area (Å²) >= 11 is 0. The van der Waals surface area contributed by atoms with E-state index in [1.165, 1.54) is 12.4 Å². The van der Waals surface area contributed by atoms with Gasteiger partial charge in [-0.3, -0.25) is 4.90 Å². The third-order valence-electron chi connectivity index (χ3n) is 5.65. The highest BCUT2D eigenvalue weighted by molar-refractivity contribution is 5.75. The zero-order valence-corrected chi connectivity index (χ0v) is 15.7. The highest BCUT2D eigenvalue weighted by atomic mass is 19.4. The first-order chi connectivity index (χ1) is 13.4. The zero-order valence-electron chi connectivity index (χ0n) is 15.7. The van der Waals surface area contributed by atoms with Gasteiger partial charge in [0.15, 0.2) is 0 Å². The smallest absolute Gasteiger partial charge is 0.315 e. The van der Waals surface area contributed by atoms with E-state index in [0.717, 1.165) is 24.0 Å². The van der Waals surface area contributed by atoms with E-state index < -0.39 is 11.6 Å². The Labute approximate surface area is 162 Å². The molecule has 0 aliphatic heterocycles. The summed E-state index contributed by atoms with van der Waals surface area (Å²) in [5, 5.41) is 7.95. The third-order valence-corrected chi connectivity index (χ3v) is 5.65. The van der Waals surface area contributed by atoms with E-state index in [9.17, 15) is 13.2 Å². The second-order valence-electron chi connectivity index (χ2n) is 7.74. The summed E-state index contributed by atoms with van der Waals surface area (Å²) in [7, 11) is 1.98. The van der Waals surface area contributed by atoms with Crippen LogP contribution >= 0.6 is 0 Å². The average Bonchev–Trinajstić information content (AvgIpc) is 3.45. The van der Waals surface area contributed by atoms with Crippen molar-refractivity contribution < 1.29 is 13.2 Å². The maximum absolute atomic E-state index is 14.1. The Bertz CT molecular complexity index is 881. The molecule has 7 heteroatoms. The van der Waals surface area contributed by atoms with Gasteiger partial charge in [0.1, 0.15) is 17.6 Å². The molecule has 0 bridgehead atoms. The Morgan fingerprint density at radius 1 is 1.21 bits per heavy atom. The zero-order chi connectivity index (χ0) is 19.8. The highest BCUT2D eigenvalue weighted by Crippen LogP contribution is 2.47. The monoisotopic (exact) mass is 388 g/mol. The number of hydrogen-bond acceptors (Lipinski definition) is 3. The molecule has 0 spiro atoms. The number of benzene rings is 1. The van der Waals surface area contributed by atoms with Crippen molar-refractivity contribution in [3.8, 4) is 0 Å². The van der Waals surface area contributed by atoms with E-state index in [1.54, 1.807) is 16.7 Å². The van der Waals surface area contributed by atoms with Crippen LogP contribution < -0.4 is 0 Å². The normalized spacial score (nSPS) is 22.5. The van der Waals surface area contributed by atoms with Gasteiger partial charge in [-0.25, -0.2) is 0 Å². The molecular formula is C21H23F3N4. The molecule has 0 radical (unpaired) electrons. The molecule has 2 aliphatic carbocycles. The average molecular weight is 388 g/mol. The molecule has 1 unspecified atom stereocenters. The lowest BCUT2D eigenvalue weighted by molar-refractivity contribution is -0.210. The first-order valence-electron chi connectivity index (χ1n) is 9.46. The van der Waals surface area contributed by atoms with E-state index in [-0.39, 0.29) is 13.0 Å². The standard InChI is InChI=1S/C21H23F3N4/c1-27(18-7-8-18)13-19-26-25-15-28(19)14-20(21(22,23)24)11-9-17(10-12-20)16-5-3-2-4-6-16/h2-6,9-11,15,18H,7-8,12-14H2,1H3. The molecule has 28 heavy (non-hydrogen) atoms. The summed E-state index contributed by atoms with van der Waals surface area (Å²) in [6, 6.07) is 9.98. The van der Waals surface area contributed by atoms with E-state index in [0.29, 0.717) is 18.4 Å². The number of hydrogen-bond donors (Lipinski definition) is 0. The summed E-state index contributed by atoms with van der Waals surface area (Å²) in [4.78, 5) is 2.13. The topological polar surface area (TPSA) is 34.0 Å². The minimum atomic E-state index is -4.37. The first kappa shape index (κ1) is 18.9. The molecule has 2 aromatic rings. The van der Waals surface area contributed by atoms with Gasteiger partial charge in [-0.2, -0.15) is 13.2 Å². The molecule has 1 heterocycles. The van der Waals surface area contributed by atoms with Crippen molar-refractivity contribution >= 4 is 5.57 Å². The van der Waals surface area contributed by atoms with Crippen LogP contribution in [0.25, 0.3) is 5.57 Å². The lowest BCUT2D eigenvalue weighted by atomic mass is 9.78. The van der Waals surface area contributed by atoms with Crippen LogP contribution in [0.4, 0.5) is 13.2 Å². The number of alkyl halides is 3. The molecule has 4 rings (SSSR count). The van der Waals surface area contributed by atoms with Gasteiger partial charge in [-0.1, -0.05) is 48.6 Å². The number of rotatable bonds is 6. The fraction of sp³-hybridized carbons (Fsp3) is 0.429. The molecule has 0 amide bonds. The van der Waals surface area contributed by atoms with E-state index >= 15 is 0 Å². The van der Waals surface area contributed by atoms with Crippen LogP contribution in [0.2, 0.25) is 0 Å². The number of allylic oxidation sites excluding steroid dienone is 4. The maximum Gasteiger partial charge on any atom is 0.399 e. The molecule has 1 saturated carbocycles. The third kappa shape index (κ3) is 3.76. The van der Waals surface area contributed by atoms with E-state index in [4.69, 9.17) is 0 Å². The number of aromatic nitrogens is 3. The highest BCUT2D eigenvalue weighted by Gasteiger charge is 2.53. The molecule has 1 atom stereocenters. The van der Waals surface area contributed by atoms with Gasteiger partial charge in [-0.15, -0.1) is 10.2 Å².